The summed E-state index contributed by atoms with van der Waals surface area (Å²) < 4.78 is 7.76. The van der Waals surface area contributed by atoms with Gasteiger partial charge in [0, 0.05) is 24.2 Å². The van der Waals surface area contributed by atoms with E-state index in [-0.39, 0.29) is 11.9 Å². The van der Waals surface area contributed by atoms with Gasteiger partial charge >= 0.3 is 0 Å². The third-order valence-electron chi connectivity index (χ3n) is 6.98. The third-order valence-corrected chi connectivity index (χ3v) is 6.98. The number of carbonyl (C=O) groups is 1. The van der Waals surface area contributed by atoms with Gasteiger partial charge in [-0.25, -0.2) is 0 Å². The quantitative estimate of drug-likeness (QED) is 0.438. The number of benzene rings is 2. The topological polar surface area (TPSA) is 80.3 Å². The van der Waals surface area contributed by atoms with Crippen molar-refractivity contribution in [1.82, 2.24) is 15.1 Å². The van der Waals surface area contributed by atoms with Crippen LogP contribution >= 0.6 is 0 Å². The zero-order chi connectivity index (χ0) is 23.8. The van der Waals surface area contributed by atoms with Crippen molar-refractivity contribution in [2.45, 2.75) is 58.1 Å². The lowest BCUT2D eigenvalue weighted by Gasteiger charge is -2.28. The minimum absolute atomic E-state index is 0.182. The number of hydrogen-bond donors (Lipinski definition) is 2. The summed E-state index contributed by atoms with van der Waals surface area (Å²) in [6.07, 6.45) is 7.64. The summed E-state index contributed by atoms with van der Waals surface area (Å²) in [5, 5.41) is 18.6. The maximum Gasteiger partial charge on any atom is 0.255 e. The zero-order valence-corrected chi connectivity index (χ0v) is 20.0. The molecule has 2 aromatic carbocycles. The lowest BCUT2D eigenvalue weighted by atomic mass is 9.91. The van der Waals surface area contributed by atoms with Crippen LogP contribution in [0.3, 0.4) is 0 Å². The van der Waals surface area contributed by atoms with Crippen LogP contribution in [0.4, 0.5) is 0 Å². The van der Waals surface area contributed by atoms with E-state index in [2.05, 4.69) is 41.6 Å². The van der Waals surface area contributed by atoms with Gasteiger partial charge in [0.1, 0.15) is 11.3 Å². The molecule has 1 aliphatic carbocycles. The highest BCUT2D eigenvalue weighted by molar-refractivity contribution is 6.06. The van der Waals surface area contributed by atoms with E-state index in [1.807, 2.05) is 38.5 Å². The van der Waals surface area contributed by atoms with Gasteiger partial charge in [0.15, 0.2) is 0 Å². The first-order valence-corrected chi connectivity index (χ1v) is 12.0. The second-order valence-corrected chi connectivity index (χ2v) is 9.52. The number of aliphatic hydroxyl groups excluding tert-OH is 1. The molecule has 0 radical (unpaired) electrons. The average molecular weight is 458 g/mol. The predicted molar refractivity (Wildman–Crippen MR) is 133 cm³/mol. The van der Waals surface area contributed by atoms with Gasteiger partial charge in [-0.2, -0.15) is 5.10 Å². The summed E-state index contributed by atoms with van der Waals surface area (Å²) in [7, 11) is 1.91. The molecule has 1 fully saturated rings. The smallest absolute Gasteiger partial charge is 0.255 e. The average Bonchev–Trinajstić information content (AvgIpc) is 3.43. The van der Waals surface area contributed by atoms with Crippen LogP contribution in [0.25, 0.3) is 22.1 Å². The Hall–Kier alpha value is -3.38. The maximum absolute atomic E-state index is 13.3. The number of rotatable bonds is 5. The molecule has 2 aromatic heterocycles. The van der Waals surface area contributed by atoms with Crippen LogP contribution in [0.2, 0.25) is 0 Å². The molecule has 2 N–H and O–H groups in total. The molecule has 0 saturated heterocycles. The summed E-state index contributed by atoms with van der Waals surface area (Å²) in [6, 6.07) is 12.2. The van der Waals surface area contributed by atoms with Crippen molar-refractivity contribution in [3.05, 3.63) is 76.8 Å². The number of aliphatic hydroxyl groups is 1. The van der Waals surface area contributed by atoms with Gasteiger partial charge < -0.3 is 14.8 Å². The second-order valence-electron chi connectivity index (χ2n) is 9.52. The molecule has 1 amide bonds. The van der Waals surface area contributed by atoms with Crippen molar-refractivity contribution in [2.75, 3.05) is 0 Å². The van der Waals surface area contributed by atoms with E-state index in [0.717, 1.165) is 59.1 Å². The number of hydrogen-bond acceptors (Lipinski definition) is 4. The van der Waals surface area contributed by atoms with E-state index < -0.39 is 6.10 Å². The fourth-order valence-electron chi connectivity index (χ4n) is 5.00. The summed E-state index contributed by atoms with van der Waals surface area (Å²) in [5.41, 5.74) is 6.76. The van der Waals surface area contributed by atoms with Crippen molar-refractivity contribution in [3.8, 4) is 11.1 Å². The highest BCUT2D eigenvalue weighted by Gasteiger charge is 2.27. The highest BCUT2D eigenvalue weighted by atomic mass is 16.3. The number of aryl methyl sites for hydroxylation is 3. The van der Waals surface area contributed by atoms with E-state index in [0.29, 0.717) is 17.6 Å². The molecule has 5 rings (SSSR count). The van der Waals surface area contributed by atoms with Crippen molar-refractivity contribution in [1.29, 1.82) is 0 Å². The second kappa shape index (κ2) is 9.11. The third kappa shape index (κ3) is 4.38. The van der Waals surface area contributed by atoms with E-state index in [1.54, 1.807) is 4.68 Å². The van der Waals surface area contributed by atoms with Gasteiger partial charge in [0.05, 0.1) is 23.9 Å². The van der Waals surface area contributed by atoms with Crippen LogP contribution in [0.5, 0.6) is 0 Å². The molecule has 4 aromatic rings. The number of nitrogens with one attached hydrogen (secondary N) is 1. The zero-order valence-electron chi connectivity index (χ0n) is 20.0. The first-order chi connectivity index (χ1) is 16.4. The fourth-order valence-corrected chi connectivity index (χ4v) is 5.00. The minimum Gasteiger partial charge on any atom is -0.461 e. The molecule has 0 unspecified atom stereocenters. The molecule has 1 aliphatic rings. The Morgan fingerprint density at radius 2 is 1.91 bits per heavy atom. The molecule has 2 atom stereocenters. The van der Waals surface area contributed by atoms with Crippen LogP contribution < -0.4 is 5.32 Å². The molecule has 1 saturated carbocycles. The minimum atomic E-state index is -0.491. The molecule has 0 spiro atoms. The standard InChI is InChI=1S/C28H31N3O3/c1-17-12-23-18(2)21(13-19-8-10-20(11-9-19)22-15-29-31(3)16-22)14-24(27(23)34-17)28(33)30-25-6-4-5-7-26(25)32/h8-12,14-16,25-26,32H,4-7,13H2,1-3H3,(H,30,33)/t25-,26-/m0/s1. The first-order valence-electron chi connectivity index (χ1n) is 12.0. The van der Waals surface area contributed by atoms with Gasteiger partial charge in [0.2, 0.25) is 0 Å². The van der Waals surface area contributed by atoms with Crippen molar-refractivity contribution in [3.63, 3.8) is 0 Å². The molecule has 0 aliphatic heterocycles. The molecule has 6 heteroatoms. The van der Waals surface area contributed by atoms with Gasteiger partial charge in [-0.1, -0.05) is 37.1 Å². The van der Waals surface area contributed by atoms with Crippen LogP contribution in [0, 0.1) is 13.8 Å². The Morgan fingerprint density at radius 1 is 1.15 bits per heavy atom. The Kier molecular flexibility index (Phi) is 6.00. The molecule has 34 heavy (non-hydrogen) atoms. The molecule has 0 bridgehead atoms. The van der Waals surface area contributed by atoms with E-state index >= 15 is 0 Å². The van der Waals surface area contributed by atoms with Crippen molar-refractivity contribution < 1.29 is 14.3 Å². The lowest BCUT2D eigenvalue weighted by molar-refractivity contribution is 0.0717. The van der Waals surface area contributed by atoms with Crippen molar-refractivity contribution >= 4 is 16.9 Å². The lowest BCUT2D eigenvalue weighted by Crippen LogP contribution is -2.45. The number of furan rings is 1. The summed E-state index contributed by atoms with van der Waals surface area (Å²) in [5.74, 6) is 0.598. The summed E-state index contributed by atoms with van der Waals surface area (Å²) in [6.45, 7) is 3.99. The predicted octanol–water partition coefficient (Wildman–Crippen LogP) is 5.07. The van der Waals surface area contributed by atoms with Gasteiger partial charge in [0.25, 0.3) is 5.91 Å². The Bertz CT molecular complexity index is 1330. The van der Waals surface area contributed by atoms with Crippen LogP contribution in [0.1, 0.15) is 58.5 Å². The van der Waals surface area contributed by atoms with Crippen LogP contribution in [-0.4, -0.2) is 32.9 Å². The van der Waals surface area contributed by atoms with Gasteiger partial charge in [-0.15, -0.1) is 0 Å². The number of amides is 1. The van der Waals surface area contributed by atoms with Crippen LogP contribution in [-0.2, 0) is 13.5 Å². The molecule has 176 valence electrons. The van der Waals surface area contributed by atoms with E-state index in [1.165, 1.54) is 5.56 Å². The number of carbonyl (C=O) groups excluding carboxylic acids is 1. The normalized spacial score (nSPS) is 18.4. The van der Waals surface area contributed by atoms with Gasteiger partial charge in [-0.05, 0) is 67.5 Å². The SMILES string of the molecule is Cc1cc2c(C)c(Cc3ccc(-c4cnn(C)c4)cc3)cc(C(=O)N[C@H]3CCCC[C@@H]3O)c2o1. The molecule has 6 nitrogen and oxygen atoms in total. The van der Waals surface area contributed by atoms with Gasteiger partial charge in [-0.3, -0.25) is 9.48 Å². The summed E-state index contributed by atoms with van der Waals surface area (Å²) in [4.78, 5) is 13.3. The largest absolute Gasteiger partial charge is 0.461 e. The Morgan fingerprint density at radius 3 is 2.62 bits per heavy atom. The molecular formula is C28H31N3O3. The van der Waals surface area contributed by atoms with Crippen molar-refractivity contribution in [2.24, 2.45) is 7.05 Å². The number of nitrogens with zero attached hydrogens (tertiary/aromatic N) is 2. The Balaban J connectivity index is 1.45. The fraction of sp³-hybridized carbons (Fsp3) is 0.357. The number of aromatic nitrogens is 2. The molecular weight excluding hydrogens is 426 g/mol. The monoisotopic (exact) mass is 457 g/mol. The van der Waals surface area contributed by atoms with Crippen LogP contribution in [0.15, 0.2) is 53.2 Å². The number of fused-ring (bicyclic) bond motifs is 1. The maximum atomic E-state index is 13.3. The summed E-state index contributed by atoms with van der Waals surface area (Å²) >= 11 is 0. The van der Waals surface area contributed by atoms with E-state index in [9.17, 15) is 9.90 Å². The highest BCUT2D eigenvalue weighted by Crippen LogP contribution is 2.31. The Labute approximate surface area is 199 Å². The van der Waals surface area contributed by atoms with E-state index in [4.69, 9.17) is 4.42 Å². The molecule has 2 heterocycles. The first kappa shape index (κ1) is 22.4.